The molecule has 1 amide bonds. The Bertz CT molecular complexity index is 1050. The number of nitrogen functional groups attached to an aromatic ring is 1. The maximum absolute atomic E-state index is 13.1. The molecular weight excluding hydrogens is 347 g/mol. The van der Waals surface area contributed by atoms with E-state index in [9.17, 15) is 9.18 Å². The number of halogens is 1. The molecule has 3 aromatic rings. The molecule has 1 saturated carbocycles. The number of hydrogen-bond acceptors (Lipinski definition) is 5. The minimum Gasteiger partial charge on any atom is -0.481 e. The van der Waals surface area contributed by atoms with Gasteiger partial charge in [0.15, 0.2) is 0 Å². The summed E-state index contributed by atoms with van der Waals surface area (Å²) in [5, 5.41) is 4.29. The number of pyridine rings is 2. The highest BCUT2D eigenvalue weighted by atomic mass is 19.1. The Kier molecular flexibility index (Phi) is 4.14. The first-order valence-electron chi connectivity index (χ1n) is 8.61. The van der Waals surface area contributed by atoms with E-state index >= 15 is 0 Å². The molecule has 3 N–H and O–H groups in total. The van der Waals surface area contributed by atoms with Crippen LogP contribution in [0.25, 0.3) is 21.9 Å². The molecule has 0 radical (unpaired) electrons. The molecule has 0 spiro atoms. The second kappa shape index (κ2) is 6.50. The number of benzene rings is 1. The van der Waals surface area contributed by atoms with E-state index in [2.05, 4.69) is 15.3 Å². The summed E-state index contributed by atoms with van der Waals surface area (Å²) >= 11 is 0. The normalized spacial score (nSPS) is 18.3. The van der Waals surface area contributed by atoms with E-state index in [0.717, 1.165) is 27.5 Å². The Balaban J connectivity index is 1.74. The number of carbonyl (C=O) groups is 1. The van der Waals surface area contributed by atoms with Gasteiger partial charge in [-0.15, -0.1) is 0 Å². The number of methoxy groups -OCH3 is 1. The van der Waals surface area contributed by atoms with Gasteiger partial charge in [-0.25, -0.2) is 14.4 Å². The molecule has 1 aliphatic carbocycles. The number of aryl methyl sites for hydroxylation is 1. The molecule has 1 aromatic carbocycles. The van der Waals surface area contributed by atoms with E-state index in [4.69, 9.17) is 10.5 Å². The van der Waals surface area contributed by atoms with Crippen molar-refractivity contribution in [3.05, 3.63) is 42.2 Å². The van der Waals surface area contributed by atoms with Crippen LogP contribution in [-0.4, -0.2) is 29.2 Å². The predicted molar refractivity (Wildman–Crippen MR) is 102 cm³/mol. The van der Waals surface area contributed by atoms with Crippen molar-refractivity contribution in [2.24, 2.45) is 5.92 Å². The summed E-state index contributed by atoms with van der Waals surface area (Å²) in [6.45, 7) is 1.96. The zero-order chi connectivity index (χ0) is 19.1. The molecule has 2 aromatic heterocycles. The van der Waals surface area contributed by atoms with Crippen LogP contribution in [0.15, 0.2) is 36.7 Å². The molecule has 0 bridgehead atoms. The summed E-state index contributed by atoms with van der Waals surface area (Å²) in [5.41, 5.74) is 9.65. The number of anilines is 2. The number of nitrogens with zero attached hydrogens (tertiary/aromatic N) is 2. The third-order valence-electron chi connectivity index (χ3n) is 4.77. The Labute approximate surface area is 155 Å². The molecule has 4 rings (SSSR count). The number of ether oxygens (including phenoxy) is 1. The van der Waals surface area contributed by atoms with Crippen LogP contribution in [0.2, 0.25) is 0 Å². The number of nitrogens with one attached hydrogen (secondary N) is 1. The van der Waals surface area contributed by atoms with E-state index < -0.39 is 12.1 Å². The van der Waals surface area contributed by atoms with Crippen molar-refractivity contribution in [1.29, 1.82) is 0 Å². The minimum absolute atomic E-state index is 0.277. The zero-order valence-corrected chi connectivity index (χ0v) is 15.0. The van der Waals surface area contributed by atoms with Crippen LogP contribution in [-0.2, 0) is 4.79 Å². The van der Waals surface area contributed by atoms with Gasteiger partial charge in [0.25, 0.3) is 0 Å². The molecule has 7 heteroatoms. The van der Waals surface area contributed by atoms with Crippen LogP contribution in [0.4, 0.5) is 15.9 Å². The van der Waals surface area contributed by atoms with Gasteiger partial charge in [0.05, 0.1) is 13.0 Å². The van der Waals surface area contributed by atoms with Crippen molar-refractivity contribution in [1.82, 2.24) is 9.97 Å². The van der Waals surface area contributed by atoms with E-state index in [0.29, 0.717) is 17.4 Å². The number of hydrogen-bond donors (Lipinski definition) is 2. The zero-order valence-electron chi connectivity index (χ0n) is 15.0. The topological polar surface area (TPSA) is 90.1 Å². The number of aromatic nitrogens is 2. The van der Waals surface area contributed by atoms with Crippen LogP contribution in [0, 0.1) is 12.8 Å². The highest BCUT2D eigenvalue weighted by molar-refractivity contribution is 6.00. The maximum Gasteiger partial charge on any atom is 0.231 e. The lowest BCUT2D eigenvalue weighted by Crippen LogP contribution is -2.15. The summed E-state index contributed by atoms with van der Waals surface area (Å²) in [6.07, 6.45) is 2.59. The lowest BCUT2D eigenvalue weighted by atomic mass is 9.98. The smallest absolute Gasteiger partial charge is 0.231 e. The van der Waals surface area contributed by atoms with Gasteiger partial charge in [-0.1, -0.05) is 0 Å². The molecule has 2 heterocycles. The van der Waals surface area contributed by atoms with Crippen molar-refractivity contribution >= 4 is 28.2 Å². The summed E-state index contributed by atoms with van der Waals surface area (Å²) in [7, 11) is 1.57. The lowest BCUT2D eigenvalue weighted by Gasteiger charge is -2.12. The fourth-order valence-corrected chi connectivity index (χ4v) is 3.09. The number of alkyl halides is 1. The molecule has 0 unspecified atom stereocenters. The van der Waals surface area contributed by atoms with Crippen molar-refractivity contribution in [2.75, 3.05) is 18.2 Å². The van der Waals surface area contributed by atoms with Crippen molar-refractivity contribution < 1.29 is 13.9 Å². The standard InChI is InChI=1S/C20H19FN4O2/c1-10-8-24-19(27-2)7-13(10)11-3-12-5-18(23-9-15(12)17(22)4-11)25-20(26)14-6-16(14)21/h3-5,7-9,14,16H,6,22H2,1-2H3,(H,23,25,26)/t14-,16+/m1/s1. The highest BCUT2D eigenvalue weighted by Crippen LogP contribution is 2.35. The summed E-state index contributed by atoms with van der Waals surface area (Å²) < 4.78 is 18.3. The second-order valence-electron chi connectivity index (χ2n) is 6.75. The van der Waals surface area contributed by atoms with Gasteiger partial charge in [0.2, 0.25) is 11.8 Å². The van der Waals surface area contributed by atoms with Crippen molar-refractivity contribution in [2.45, 2.75) is 19.5 Å². The Morgan fingerprint density at radius 1 is 1.26 bits per heavy atom. The molecule has 1 fully saturated rings. The summed E-state index contributed by atoms with van der Waals surface area (Å²) in [5.74, 6) is -0.00614. The third-order valence-corrected chi connectivity index (χ3v) is 4.77. The van der Waals surface area contributed by atoms with Gasteiger partial charge < -0.3 is 15.8 Å². The fourth-order valence-electron chi connectivity index (χ4n) is 3.09. The maximum atomic E-state index is 13.1. The monoisotopic (exact) mass is 366 g/mol. The summed E-state index contributed by atoms with van der Waals surface area (Å²) in [4.78, 5) is 20.4. The average molecular weight is 366 g/mol. The Morgan fingerprint density at radius 3 is 2.74 bits per heavy atom. The summed E-state index contributed by atoms with van der Waals surface area (Å²) in [6, 6.07) is 7.45. The first-order chi connectivity index (χ1) is 13.0. The van der Waals surface area contributed by atoms with Gasteiger partial charge in [-0.2, -0.15) is 0 Å². The van der Waals surface area contributed by atoms with Crippen LogP contribution < -0.4 is 15.8 Å². The van der Waals surface area contributed by atoms with Gasteiger partial charge in [-0.05, 0) is 53.6 Å². The quantitative estimate of drug-likeness (QED) is 0.690. The predicted octanol–water partition coefficient (Wildman–Crippen LogP) is 3.49. The first kappa shape index (κ1) is 17.2. The largest absolute Gasteiger partial charge is 0.481 e. The molecular formula is C20H19FN4O2. The molecule has 2 atom stereocenters. The lowest BCUT2D eigenvalue weighted by molar-refractivity contribution is -0.117. The van der Waals surface area contributed by atoms with Gasteiger partial charge >= 0.3 is 0 Å². The molecule has 0 aliphatic heterocycles. The fraction of sp³-hybridized carbons (Fsp3) is 0.250. The molecule has 1 aliphatic rings. The Morgan fingerprint density at radius 2 is 2.04 bits per heavy atom. The molecule has 27 heavy (non-hydrogen) atoms. The number of carbonyl (C=O) groups excluding carboxylic acids is 1. The second-order valence-corrected chi connectivity index (χ2v) is 6.75. The molecule has 6 nitrogen and oxygen atoms in total. The third kappa shape index (κ3) is 3.28. The van der Waals surface area contributed by atoms with Gasteiger partial charge in [0.1, 0.15) is 12.0 Å². The van der Waals surface area contributed by atoms with E-state index in [1.54, 1.807) is 25.6 Å². The number of fused-ring (bicyclic) bond motifs is 1. The first-order valence-corrected chi connectivity index (χ1v) is 8.61. The van der Waals surface area contributed by atoms with E-state index in [1.165, 1.54) is 0 Å². The SMILES string of the molecule is COc1cc(-c2cc(N)c3cnc(NC(=O)[C@@H]4C[C@@H]4F)cc3c2)c(C)cn1. The van der Waals surface area contributed by atoms with Crippen LogP contribution in [0.1, 0.15) is 12.0 Å². The minimum atomic E-state index is -1.04. The van der Waals surface area contributed by atoms with Crippen LogP contribution in [0.3, 0.4) is 0 Å². The molecule has 138 valence electrons. The highest BCUT2D eigenvalue weighted by Gasteiger charge is 2.43. The van der Waals surface area contributed by atoms with E-state index in [1.807, 2.05) is 25.1 Å². The number of nitrogens with two attached hydrogens (primary N) is 1. The number of rotatable bonds is 4. The van der Waals surface area contributed by atoms with Gasteiger partial charge in [0, 0.05) is 29.5 Å². The Hall–Kier alpha value is -3.22. The number of amides is 1. The van der Waals surface area contributed by atoms with Crippen LogP contribution in [0.5, 0.6) is 5.88 Å². The van der Waals surface area contributed by atoms with Gasteiger partial charge in [-0.3, -0.25) is 4.79 Å². The van der Waals surface area contributed by atoms with Crippen LogP contribution >= 0.6 is 0 Å². The van der Waals surface area contributed by atoms with Crippen molar-refractivity contribution in [3.8, 4) is 17.0 Å². The average Bonchev–Trinajstić information content (AvgIpc) is 3.38. The van der Waals surface area contributed by atoms with Crippen molar-refractivity contribution in [3.63, 3.8) is 0 Å². The molecule has 0 saturated heterocycles. The van der Waals surface area contributed by atoms with E-state index in [-0.39, 0.29) is 12.3 Å².